The van der Waals surface area contributed by atoms with Crippen LogP contribution in [0, 0.1) is 15.9 Å². The topological polar surface area (TPSA) is 73.0 Å². The normalized spacial score (nSPS) is 10.5. The van der Waals surface area contributed by atoms with Crippen molar-refractivity contribution in [2.75, 3.05) is 5.32 Å². The van der Waals surface area contributed by atoms with E-state index in [2.05, 4.69) is 10.4 Å². The lowest BCUT2D eigenvalue weighted by Gasteiger charge is -2.06. The molecule has 0 aliphatic carbocycles. The molecule has 0 fully saturated rings. The first-order valence-corrected chi connectivity index (χ1v) is 5.71. The van der Waals surface area contributed by atoms with Crippen molar-refractivity contribution in [3.8, 4) is 0 Å². The maximum absolute atomic E-state index is 13.3. The summed E-state index contributed by atoms with van der Waals surface area (Å²) in [5.74, 6) is -0.712. The van der Waals surface area contributed by atoms with Crippen molar-refractivity contribution >= 4 is 23.0 Å². The fourth-order valence-electron chi connectivity index (χ4n) is 1.57. The first-order chi connectivity index (χ1) is 8.97. The Labute approximate surface area is 112 Å². The van der Waals surface area contributed by atoms with Gasteiger partial charge in [-0.05, 0) is 6.07 Å². The number of nitro groups is 1. The molecule has 0 atom stereocenters. The van der Waals surface area contributed by atoms with Crippen LogP contribution < -0.4 is 5.32 Å². The van der Waals surface area contributed by atoms with Crippen molar-refractivity contribution in [2.24, 2.45) is 7.05 Å². The number of rotatable bonds is 4. The monoisotopic (exact) mass is 284 g/mol. The fourth-order valence-corrected chi connectivity index (χ4v) is 1.73. The lowest BCUT2D eigenvalue weighted by molar-refractivity contribution is -0.384. The average molecular weight is 285 g/mol. The van der Waals surface area contributed by atoms with E-state index in [1.807, 2.05) is 0 Å². The first-order valence-electron chi connectivity index (χ1n) is 5.33. The summed E-state index contributed by atoms with van der Waals surface area (Å²) in [6, 6.07) is 3.74. The standard InChI is InChI=1S/C11H10ClFN4O2/c1-16-3-2-7(15-16)6-14-10-5-9(13)8(12)4-11(10)17(18)19/h2-5,14H,6H2,1H3. The third kappa shape index (κ3) is 3.00. The largest absolute Gasteiger partial charge is 0.374 e. The zero-order valence-corrected chi connectivity index (χ0v) is 10.7. The highest BCUT2D eigenvalue weighted by atomic mass is 35.5. The number of anilines is 1. The molecule has 0 amide bonds. The zero-order valence-electron chi connectivity index (χ0n) is 9.93. The van der Waals surface area contributed by atoms with Gasteiger partial charge in [-0.25, -0.2) is 4.39 Å². The van der Waals surface area contributed by atoms with Crippen LogP contribution in [0.1, 0.15) is 5.69 Å². The predicted molar refractivity (Wildman–Crippen MR) is 68.6 cm³/mol. The minimum absolute atomic E-state index is 0.0672. The molecule has 0 saturated heterocycles. The van der Waals surface area contributed by atoms with Crippen LogP contribution in [0.3, 0.4) is 0 Å². The van der Waals surface area contributed by atoms with E-state index >= 15 is 0 Å². The van der Waals surface area contributed by atoms with Crippen molar-refractivity contribution in [1.82, 2.24) is 9.78 Å². The van der Waals surface area contributed by atoms with Crippen LogP contribution >= 0.6 is 11.6 Å². The van der Waals surface area contributed by atoms with E-state index in [4.69, 9.17) is 11.6 Å². The number of hydrogen-bond acceptors (Lipinski definition) is 4. The molecule has 0 saturated carbocycles. The van der Waals surface area contributed by atoms with Gasteiger partial charge in [-0.1, -0.05) is 11.6 Å². The summed E-state index contributed by atoms with van der Waals surface area (Å²) in [4.78, 5) is 10.2. The summed E-state index contributed by atoms with van der Waals surface area (Å²) in [5.41, 5.74) is 0.479. The van der Waals surface area contributed by atoms with Crippen LogP contribution in [0.15, 0.2) is 24.4 Å². The molecule has 6 nitrogen and oxygen atoms in total. The molecule has 0 aliphatic rings. The Bertz CT molecular complexity index is 629. The van der Waals surface area contributed by atoms with E-state index in [0.717, 1.165) is 12.1 Å². The average Bonchev–Trinajstić information content (AvgIpc) is 2.76. The Morgan fingerprint density at radius 2 is 2.32 bits per heavy atom. The van der Waals surface area contributed by atoms with Crippen molar-refractivity contribution in [1.29, 1.82) is 0 Å². The van der Waals surface area contributed by atoms with Gasteiger partial charge in [0.2, 0.25) is 0 Å². The number of nitro benzene ring substituents is 1. The molecular formula is C11H10ClFN4O2. The van der Waals surface area contributed by atoms with E-state index in [-0.39, 0.29) is 22.9 Å². The van der Waals surface area contributed by atoms with Gasteiger partial charge < -0.3 is 5.32 Å². The minimum atomic E-state index is -0.712. The number of hydrogen-bond donors (Lipinski definition) is 1. The van der Waals surface area contributed by atoms with Gasteiger partial charge in [0, 0.05) is 25.4 Å². The third-order valence-corrected chi connectivity index (χ3v) is 2.75. The Kier molecular flexibility index (Phi) is 3.66. The van der Waals surface area contributed by atoms with Gasteiger partial charge >= 0.3 is 0 Å². The Morgan fingerprint density at radius 3 is 2.89 bits per heavy atom. The highest BCUT2D eigenvalue weighted by Crippen LogP contribution is 2.30. The van der Waals surface area contributed by atoms with Crippen molar-refractivity contribution < 1.29 is 9.31 Å². The highest BCUT2D eigenvalue weighted by Gasteiger charge is 2.17. The summed E-state index contributed by atoms with van der Waals surface area (Å²) < 4.78 is 14.9. The lowest BCUT2D eigenvalue weighted by atomic mass is 10.2. The molecule has 1 aromatic heterocycles. The van der Waals surface area contributed by atoms with Crippen LogP contribution in [-0.4, -0.2) is 14.7 Å². The van der Waals surface area contributed by atoms with E-state index in [1.54, 1.807) is 24.0 Å². The van der Waals surface area contributed by atoms with Crippen LogP contribution in [0.2, 0.25) is 5.02 Å². The summed E-state index contributed by atoms with van der Waals surface area (Å²) in [7, 11) is 1.76. The summed E-state index contributed by atoms with van der Waals surface area (Å²) in [6.07, 6.45) is 1.74. The molecule has 0 aliphatic heterocycles. The molecule has 1 aromatic carbocycles. The summed E-state index contributed by atoms with van der Waals surface area (Å²) >= 11 is 5.53. The van der Waals surface area contributed by atoms with E-state index in [0.29, 0.717) is 5.69 Å². The number of nitrogens with zero attached hydrogens (tertiary/aromatic N) is 3. The second-order valence-electron chi connectivity index (χ2n) is 3.87. The SMILES string of the molecule is Cn1ccc(CNc2cc(F)c(Cl)cc2[N+](=O)[O-])n1. The van der Waals surface area contributed by atoms with Gasteiger partial charge in [-0.3, -0.25) is 14.8 Å². The molecule has 2 aromatic rings. The second-order valence-corrected chi connectivity index (χ2v) is 4.28. The van der Waals surface area contributed by atoms with Crippen LogP contribution in [0.25, 0.3) is 0 Å². The van der Waals surface area contributed by atoms with E-state index in [9.17, 15) is 14.5 Å². The molecular weight excluding hydrogens is 275 g/mol. The third-order valence-electron chi connectivity index (χ3n) is 2.46. The molecule has 1 heterocycles. The minimum Gasteiger partial charge on any atom is -0.374 e. The molecule has 2 rings (SSSR count). The lowest BCUT2D eigenvalue weighted by Crippen LogP contribution is -2.04. The van der Waals surface area contributed by atoms with Gasteiger partial charge in [0.1, 0.15) is 11.5 Å². The number of benzene rings is 1. The van der Waals surface area contributed by atoms with Crippen LogP contribution in [0.4, 0.5) is 15.8 Å². The van der Waals surface area contributed by atoms with Crippen molar-refractivity contribution in [3.05, 3.63) is 51.0 Å². The zero-order chi connectivity index (χ0) is 14.0. The number of aromatic nitrogens is 2. The highest BCUT2D eigenvalue weighted by molar-refractivity contribution is 6.31. The molecule has 1 N–H and O–H groups in total. The Hall–Kier alpha value is -2.15. The smallest absolute Gasteiger partial charge is 0.294 e. The molecule has 100 valence electrons. The number of nitrogens with one attached hydrogen (secondary N) is 1. The molecule has 19 heavy (non-hydrogen) atoms. The van der Waals surface area contributed by atoms with Gasteiger partial charge in [-0.15, -0.1) is 0 Å². The second kappa shape index (κ2) is 5.23. The van der Waals surface area contributed by atoms with Crippen LogP contribution in [-0.2, 0) is 13.6 Å². The van der Waals surface area contributed by atoms with Crippen molar-refractivity contribution in [3.63, 3.8) is 0 Å². The van der Waals surface area contributed by atoms with Gasteiger partial charge in [0.25, 0.3) is 5.69 Å². The van der Waals surface area contributed by atoms with Gasteiger partial charge in [0.15, 0.2) is 0 Å². The molecule has 0 unspecified atom stereocenters. The molecule has 8 heteroatoms. The number of halogens is 2. The maximum atomic E-state index is 13.3. The quantitative estimate of drug-likeness (QED) is 0.692. The van der Waals surface area contributed by atoms with Gasteiger partial charge in [0.05, 0.1) is 22.2 Å². The van der Waals surface area contributed by atoms with E-state index in [1.165, 1.54) is 0 Å². The first kappa shape index (κ1) is 13.3. The Morgan fingerprint density at radius 1 is 1.58 bits per heavy atom. The van der Waals surface area contributed by atoms with E-state index < -0.39 is 10.7 Å². The predicted octanol–water partition coefficient (Wildman–Crippen LogP) is 2.73. The number of aryl methyl sites for hydroxylation is 1. The van der Waals surface area contributed by atoms with Crippen LogP contribution in [0.5, 0.6) is 0 Å². The van der Waals surface area contributed by atoms with Crippen molar-refractivity contribution in [2.45, 2.75) is 6.54 Å². The molecule has 0 spiro atoms. The Balaban J connectivity index is 2.23. The summed E-state index contributed by atoms with van der Waals surface area (Å²) in [5, 5.41) is 17.5. The molecule has 0 bridgehead atoms. The maximum Gasteiger partial charge on any atom is 0.294 e. The molecule has 0 radical (unpaired) electrons. The fraction of sp³-hybridized carbons (Fsp3) is 0.182. The van der Waals surface area contributed by atoms with Gasteiger partial charge in [-0.2, -0.15) is 5.10 Å². The summed E-state index contributed by atoms with van der Waals surface area (Å²) in [6.45, 7) is 0.253.